The second kappa shape index (κ2) is 4.66. The Balaban J connectivity index is 2.49. The number of fused-ring (bicyclic) bond motifs is 1. The summed E-state index contributed by atoms with van der Waals surface area (Å²) in [6.45, 7) is 0. The van der Waals surface area contributed by atoms with Gasteiger partial charge in [0.25, 0.3) is 0 Å². The molecule has 0 bridgehead atoms. The van der Waals surface area contributed by atoms with E-state index < -0.39 is 11.4 Å². The Hall–Kier alpha value is -2.32. The summed E-state index contributed by atoms with van der Waals surface area (Å²) < 4.78 is 5.24. The van der Waals surface area contributed by atoms with Gasteiger partial charge in [-0.2, -0.15) is 4.37 Å². The van der Waals surface area contributed by atoms with Crippen molar-refractivity contribution in [2.24, 2.45) is 0 Å². The highest BCUT2D eigenvalue weighted by Crippen LogP contribution is 2.18. The SMILES string of the molecule is O=C(O)c1cn(-c2ncns2)c2nc(Cl)ccc2c1=O. The van der Waals surface area contributed by atoms with E-state index in [1.54, 1.807) is 0 Å². The molecular formula is C11H5ClN4O3S. The van der Waals surface area contributed by atoms with E-state index in [0.29, 0.717) is 5.13 Å². The van der Waals surface area contributed by atoms with Crippen molar-refractivity contribution in [1.29, 1.82) is 0 Å². The average molecular weight is 309 g/mol. The lowest BCUT2D eigenvalue weighted by atomic mass is 10.2. The summed E-state index contributed by atoms with van der Waals surface area (Å²) in [4.78, 5) is 31.3. The van der Waals surface area contributed by atoms with Crippen molar-refractivity contribution in [3.05, 3.63) is 45.6 Å². The van der Waals surface area contributed by atoms with Gasteiger partial charge in [0.2, 0.25) is 10.6 Å². The third-order valence-electron chi connectivity index (χ3n) is 2.60. The van der Waals surface area contributed by atoms with Crippen LogP contribution in [0.2, 0.25) is 5.15 Å². The molecule has 0 unspecified atom stereocenters. The molecule has 0 aromatic carbocycles. The van der Waals surface area contributed by atoms with Gasteiger partial charge in [-0.15, -0.1) is 0 Å². The van der Waals surface area contributed by atoms with Crippen LogP contribution in [0.1, 0.15) is 10.4 Å². The molecule has 0 saturated carbocycles. The average Bonchev–Trinajstić information content (AvgIpc) is 2.92. The minimum absolute atomic E-state index is 0.157. The van der Waals surface area contributed by atoms with E-state index in [1.165, 1.54) is 29.2 Å². The molecular weight excluding hydrogens is 304 g/mol. The smallest absolute Gasteiger partial charge is 0.341 e. The Labute approximate surface area is 120 Å². The van der Waals surface area contributed by atoms with Gasteiger partial charge in [0.1, 0.15) is 17.0 Å². The largest absolute Gasteiger partial charge is 0.477 e. The normalized spacial score (nSPS) is 10.8. The molecule has 3 aromatic heterocycles. The van der Waals surface area contributed by atoms with Crippen LogP contribution in [0.15, 0.2) is 29.5 Å². The maximum Gasteiger partial charge on any atom is 0.341 e. The quantitative estimate of drug-likeness (QED) is 0.722. The number of rotatable bonds is 2. The topological polar surface area (TPSA) is 98.0 Å². The molecule has 3 aromatic rings. The van der Waals surface area contributed by atoms with E-state index in [0.717, 1.165) is 11.5 Å². The molecule has 7 nitrogen and oxygen atoms in total. The number of carboxylic acids is 1. The van der Waals surface area contributed by atoms with Crippen molar-refractivity contribution in [2.75, 3.05) is 0 Å². The molecule has 3 heterocycles. The Bertz CT molecular complexity index is 875. The van der Waals surface area contributed by atoms with E-state index in [4.69, 9.17) is 16.7 Å². The molecule has 0 saturated heterocycles. The summed E-state index contributed by atoms with van der Waals surface area (Å²) in [5.74, 6) is -1.31. The number of halogens is 1. The zero-order valence-electron chi connectivity index (χ0n) is 9.65. The van der Waals surface area contributed by atoms with Crippen LogP contribution in [0.25, 0.3) is 16.2 Å². The highest BCUT2D eigenvalue weighted by molar-refractivity contribution is 7.08. The molecule has 0 radical (unpaired) electrons. The lowest BCUT2D eigenvalue weighted by Gasteiger charge is -2.08. The molecule has 0 spiro atoms. The van der Waals surface area contributed by atoms with E-state index in [1.807, 2.05) is 0 Å². The maximum atomic E-state index is 12.1. The van der Waals surface area contributed by atoms with Crippen LogP contribution in [0.5, 0.6) is 0 Å². The first-order valence-electron chi connectivity index (χ1n) is 5.30. The standard InChI is InChI=1S/C11H5ClN4O3S/c12-7-2-1-5-8(17)6(10(18)19)3-16(9(5)15-7)11-13-4-14-20-11/h1-4H,(H,18,19). The Morgan fingerprint density at radius 2 is 2.20 bits per heavy atom. The molecule has 0 amide bonds. The number of hydrogen-bond acceptors (Lipinski definition) is 6. The van der Waals surface area contributed by atoms with Crippen LogP contribution in [0.3, 0.4) is 0 Å². The van der Waals surface area contributed by atoms with Gasteiger partial charge in [-0.05, 0) is 12.1 Å². The number of aromatic carboxylic acids is 1. The van der Waals surface area contributed by atoms with Gasteiger partial charge >= 0.3 is 5.97 Å². The van der Waals surface area contributed by atoms with Crippen LogP contribution in [0, 0.1) is 0 Å². The minimum Gasteiger partial charge on any atom is -0.477 e. The fourth-order valence-corrected chi connectivity index (χ4v) is 2.40. The van der Waals surface area contributed by atoms with Crippen molar-refractivity contribution < 1.29 is 9.90 Å². The zero-order valence-corrected chi connectivity index (χ0v) is 11.2. The molecule has 1 N–H and O–H groups in total. The molecule has 100 valence electrons. The molecule has 9 heteroatoms. The predicted octanol–water partition coefficient (Wildman–Crippen LogP) is 1.59. The van der Waals surface area contributed by atoms with E-state index in [-0.39, 0.29) is 21.7 Å². The van der Waals surface area contributed by atoms with Crippen LogP contribution in [-0.2, 0) is 0 Å². The summed E-state index contributed by atoms with van der Waals surface area (Å²) >= 11 is 6.88. The van der Waals surface area contributed by atoms with Crippen molar-refractivity contribution in [1.82, 2.24) is 18.9 Å². The zero-order chi connectivity index (χ0) is 14.3. The summed E-state index contributed by atoms with van der Waals surface area (Å²) in [5, 5.41) is 9.85. The number of pyridine rings is 2. The van der Waals surface area contributed by atoms with Gasteiger partial charge in [0, 0.05) is 17.7 Å². The van der Waals surface area contributed by atoms with Gasteiger partial charge < -0.3 is 5.11 Å². The highest BCUT2D eigenvalue weighted by atomic mass is 35.5. The Morgan fingerprint density at radius 1 is 1.40 bits per heavy atom. The number of carbonyl (C=O) groups is 1. The van der Waals surface area contributed by atoms with Crippen LogP contribution >= 0.6 is 23.1 Å². The first-order chi connectivity index (χ1) is 9.58. The van der Waals surface area contributed by atoms with Crippen molar-refractivity contribution in [3.63, 3.8) is 0 Å². The van der Waals surface area contributed by atoms with Gasteiger partial charge in [0.15, 0.2) is 5.65 Å². The molecule has 0 atom stereocenters. The van der Waals surface area contributed by atoms with E-state index in [2.05, 4.69) is 14.3 Å². The maximum absolute atomic E-state index is 12.1. The van der Waals surface area contributed by atoms with Gasteiger partial charge in [-0.1, -0.05) is 11.6 Å². The van der Waals surface area contributed by atoms with E-state index in [9.17, 15) is 9.59 Å². The van der Waals surface area contributed by atoms with E-state index >= 15 is 0 Å². The van der Waals surface area contributed by atoms with Crippen molar-refractivity contribution >= 4 is 40.1 Å². The Morgan fingerprint density at radius 3 is 2.85 bits per heavy atom. The molecule has 0 fully saturated rings. The van der Waals surface area contributed by atoms with Crippen molar-refractivity contribution in [3.8, 4) is 5.13 Å². The second-order valence-electron chi connectivity index (χ2n) is 3.78. The first kappa shape index (κ1) is 12.7. The van der Waals surface area contributed by atoms with Crippen LogP contribution < -0.4 is 5.43 Å². The lowest BCUT2D eigenvalue weighted by molar-refractivity contribution is 0.0695. The third kappa shape index (κ3) is 1.95. The molecule has 0 aliphatic heterocycles. The number of carboxylic acid groups (broad SMARTS) is 1. The van der Waals surface area contributed by atoms with Gasteiger partial charge in [-0.3, -0.25) is 9.36 Å². The van der Waals surface area contributed by atoms with Crippen LogP contribution in [-0.4, -0.2) is 30.0 Å². The molecule has 20 heavy (non-hydrogen) atoms. The minimum atomic E-state index is -1.31. The fourth-order valence-electron chi connectivity index (χ4n) is 1.75. The second-order valence-corrected chi connectivity index (χ2v) is 4.92. The van der Waals surface area contributed by atoms with Crippen molar-refractivity contribution in [2.45, 2.75) is 0 Å². The Kier molecular flexibility index (Phi) is 2.96. The monoisotopic (exact) mass is 308 g/mol. The molecule has 3 rings (SSSR count). The highest BCUT2D eigenvalue weighted by Gasteiger charge is 2.17. The summed E-state index contributed by atoms with van der Waals surface area (Å²) in [6, 6.07) is 2.87. The summed E-state index contributed by atoms with van der Waals surface area (Å²) in [5.41, 5.74) is -0.737. The molecule has 0 aliphatic carbocycles. The first-order valence-corrected chi connectivity index (χ1v) is 6.45. The predicted molar refractivity (Wildman–Crippen MR) is 72.8 cm³/mol. The third-order valence-corrected chi connectivity index (χ3v) is 3.48. The van der Waals surface area contributed by atoms with Crippen LogP contribution in [0.4, 0.5) is 0 Å². The number of aromatic nitrogens is 4. The summed E-state index contributed by atoms with van der Waals surface area (Å²) in [7, 11) is 0. The lowest BCUT2D eigenvalue weighted by Crippen LogP contribution is -2.19. The number of hydrogen-bond donors (Lipinski definition) is 1. The van der Waals surface area contributed by atoms with Gasteiger partial charge in [-0.25, -0.2) is 14.8 Å². The summed E-state index contributed by atoms with van der Waals surface area (Å²) in [6.07, 6.45) is 2.51. The fraction of sp³-hybridized carbons (Fsp3) is 0. The molecule has 0 aliphatic rings. The van der Waals surface area contributed by atoms with Gasteiger partial charge in [0.05, 0.1) is 5.39 Å². The number of nitrogens with zero attached hydrogens (tertiary/aromatic N) is 4.